The van der Waals surface area contributed by atoms with Crippen LogP contribution in [0, 0.1) is 19.7 Å². The first-order chi connectivity index (χ1) is 9.45. The van der Waals surface area contributed by atoms with E-state index in [0.29, 0.717) is 0 Å². The van der Waals surface area contributed by atoms with Crippen molar-refractivity contribution in [3.8, 4) is 11.5 Å². The molecule has 1 N–H and O–H groups in total. The molecule has 0 atom stereocenters. The molecule has 0 radical (unpaired) electrons. The fourth-order valence-corrected chi connectivity index (χ4v) is 1.65. The Morgan fingerprint density at radius 2 is 1.75 bits per heavy atom. The third kappa shape index (κ3) is 3.17. The van der Waals surface area contributed by atoms with Crippen molar-refractivity contribution in [2.45, 2.75) is 13.8 Å². The molecule has 0 saturated carbocycles. The van der Waals surface area contributed by atoms with Crippen molar-refractivity contribution in [3.05, 3.63) is 22.5 Å². The third-order valence-electron chi connectivity index (χ3n) is 2.67. The molecule has 1 aromatic rings. The van der Waals surface area contributed by atoms with E-state index in [1.165, 1.54) is 28.1 Å². The lowest BCUT2D eigenvalue weighted by atomic mass is 10.0. The highest BCUT2D eigenvalue weighted by Crippen LogP contribution is 2.37. The van der Waals surface area contributed by atoms with Crippen LogP contribution in [0.2, 0.25) is 0 Å². The summed E-state index contributed by atoms with van der Waals surface area (Å²) >= 11 is 0. The second kappa shape index (κ2) is 7.06. The molecule has 0 fully saturated rings. The van der Waals surface area contributed by atoms with Crippen molar-refractivity contribution in [2.24, 2.45) is 0 Å². The Labute approximate surface area is 116 Å². The second-order valence-corrected chi connectivity index (χ2v) is 4.01. The Bertz CT molecular complexity index is 500. The number of phenols is 1. The van der Waals surface area contributed by atoms with Gasteiger partial charge in [0, 0.05) is 25.3 Å². The Balaban J connectivity index is 3.34. The molecule has 0 aliphatic rings. The molecule has 20 heavy (non-hydrogen) atoms. The van der Waals surface area contributed by atoms with Gasteiger partial charge < -0.3 is 24.1 Å². The van der Waals surface area contributed by atoms with Gasteiger partial charge >= 0.3 is 5.97 Å². The number of ether oxygens (including phenoxy) is 4. The van der Waals surface area contributed by atoms with Gasteiger partial charge in [-0.3, -0.25) is 0 Å². The summed E-state index contributed by atoms with van der Waals surface area (Å²) in [5.74, 6) is -2.25. The molecule has 0 saturated heterocycles. The average Bonchev–Trinajstić information content (AvgIpc) is 2.44. The fourth-order valence-electron chi connectivity index (χ4n) is 1.65. The van der Waals surface area contributed by atoms with Gasteiger partial charge in [-0.25, -0.2) is 9.18 Å². The van der Waals surface area contributed by atoms with E-state index in [4.69, 9.17) is 14.2 Å². The average molecular weight is 288 g/mol. The number of carbonyl (C=O) groups excluding carboxylic acids is 1. The Hall–Kier alpha value is -1.86. The lowest BCUT2D eigenvalue weighted by Crippen LogP contribution is -2.14. The molecule has 1 aromatic carbocycles. The number of carbonyl (C=O) groups is 1. The lowest BCUT2D eigenvalue weighted by molar-refractivity contribution is -0.0134. The van der Waals surface area contributed by atoms with Gasteiger partial charge in [0.25, 0.3) is 0 Å². The Kier molecular flexibility index (Phi) is 5.72. The summed E-state index contributed by atoms with van der Waals surface area (Å²) in [5, 5.41) is 9.68. The van der Waals surface area contributed by atoms with Crippen LogP contribution in [0.15, 0.2) is 0 Å². The van der Waals surface area contributed by atoms with E-state index in [-0.39, 0.29) is 36.0 Å². The molecule has 0 aliphatic heterocycles. The predicted octanol–water partition coefficient (Wildman–Crippen LogP) is 1.89. The van der Waals surface area contributed by atoms with Crippen LogP contribution in [0.5, 0.6) is 11.5 Å². The molecular weight excluding hydrogens is 271 g/mol. The monoisotopic (exact) mass is 288 g/mol. The number of phenolic OH excluding ortho intramolecular Hbond substituents is 1. The van der Waals surface area contributed by atoms with Crippen LogP contribution in [0.1, 0.15) is 21.5 Å². The van der Waals surface area contributed by atoms with Gasteiger partial charge in [-0.05, 0) is 13.8 Å². The summed E-state index contributed by atoms with van der Waals surface area (Å²) in [6, 6.07) is 0. The molecule has 0 bridgehead atoms. The Morgan fingerprint density at radius 1 is 1.15 bits per heavy atom. The van der Waals surface area contributed by atoms with Gasteiger partial charge in [-0.15, -0.1) is 0 Å². The van der Waals surface area contributed by atoms with E-state index in [1.54, 1.807) is 0 Å². The van der Waals surface area contributed by atoms with Crippen molar-refractivity contribution in [1.29, 1.82) is 0 Å². The molecule has 7 heteroatoms. The first-order valence-corrected chi connectivity index (χ1v) is 5.75. The molecular formula is C13H17FO6. The summed E-state index contributed by atoms with van der Waals surface area (Å²) in [6.45, 7) is 2.34. The third-order valence-corrected chi connectivity index (χ3v) is 2.67. The number of rotatable bonds is 6. The summed E-state index contributed by atoms with van der Waals surface area (Å²) < 4.78 is 33.3. The number of hydrogen-bond acceptors (Lipinski definition) is 6. The van der Waals surface area contributed by atoms with Crippen molar-refractivity contribution in [1.82, 2.24) is 0 Å². The fraction of sp³-hybridized carbons (Fsp3) is 0.462. The summed E-state index contributed by atoms with van der Waals surface area (Å²) in [5.41, 5.74) is -0.0817. The summed E-state index contributed by atoms with van der Waals surface area (Å²) in [7, 11) is 2.75. The molecule has 0 aromatic heterocycles. The minimum absolute atomic E-state index is 0.0179. The van der Waals surface area contributed by atoms with Gasteiger partial charge in [0.1, 0.15) is 11.3 Å². The van der Waals surface area contributed by atoms with Crippen molar-refractivity contribution in [3.63, 3.8) is 0 Å². The molecule has 6 nitrogen and oxygen atoms in total. The number of aromatic hydroxyl groups is 1. The van der Waals surface area contributed by atoms with Crippen molar-refractivity contribution < 1.29 is 33.2 Å². The second-order valence-electron chi connectivity index (χ2n) is 4.01. The molecule has 0 spiro atoms. The zero-order chi connectivity index (χ0) is 15.3. The first kappa shape index (κ1) is 16.2. The van der Waals surface area contributed by atoms with Crippen LogP contribution in [0.3, 0.4) is 0 Å². The van der Waals surface area contributed by atoms with Crippen LogP contribution in [-0.4, -0.2) is 38.9 Å². The van der Waals surface area contributed by atoms with E-state index < -0.39 is 17.5 Å². The zero-order valence-corrected chi connectivity index (χ0v) is 11.8. The number of methoxy groups -OCH3 is 2. The molecule has 0 unspecified atom stereocenters. The number of esters is 1. The predicted molar refractivity (Wildman–Crippen MR) is 67.3 cm³/mol. The lowest BCUT2D eigenvalue weighted by Gasteiger charge is -2.17. The van der Waals surface area contributed by atoms with Gasteiger partial charge in [0.2, 0.25) is 0 Å². The smallest absolute Gasteiger partial charge is 0.344 e. The van der Waals surface area contributed by atoms with Crippen molar-refractivity contribution >= 4 is 5.97 Å². The molecule has 0 heterocycles. The van der Waals surface area contributed by atoms with E-state index >= 15 is 0 Å². The van der Waals surface area contributed by atoms with Gasteiger partial charge in [0.15, 0.2) is 25.2 Å². The maximum Gasteiger partial charge on any atom is 0.344 e. The zero-order valence-electron chi connectivity index (χ0n) is 11.8. The topological polar surface area (TPSA) is 74.2 Å². The highest BCUT2D eigenvalue weighted by Gasteiger charge is 2.26. The van der Waals surface area contributed by atoms with Crippen LogP contribution < -0.4 is 4.74 Å². The minimum atomic E-state index is -0.892. The van der Waals surface area contributed by atoms with E-state index in [0.717, 1.165) is 0 Å². The van der Waals surface area contributed by atoms with Crippen molar-refractivity contribution in [2.75, 3.05) is 27.8 Å². The normalized spacial score (nSPS) is 10.4. The summed E-state index contributed by atoms with van der Waals surface area (Å²) in [6.07, 6.45) is 0. The molecule has 1 rings (SSSR count). The van der Waals surface area contributed by atoms with Crippen LogP contribution in [0.25, 0.3) is 0 Å². The molecule has 112 valence electrons. The quantitative estimate of drug-likeness (QED) is 0.636. The van der Waals surface area contributed by atoms with E-state index in [9.17, 15) is 14.3 Å². The van der Waals surface area contributed by atoms with Gasteiger partial charge in [-0.2, -0.15) is 0 Å². The largest absolute Gasteiger partial charge is 0.505 e. The minimum Gasteiger partial charge on any atom is -0.505 e. The number of hydrogen-bond donors (Lipinski definition) is 1. The first-order valence-electron chi connectivity index (χ1n) is 5.75. The summed E-state index contributed by atoms with van der Waals surface area (Å²) in [4.78, 5) is 12.0. The molecule has 0 aliphatic carbocycles. The van der Waals surface area contributed by atoms with Gasteiger partial charge in [-0.1, -0.05) is 0 Å². The SMILES string of the molecule is COCOC(=O)c1c(C)c(F)c(O)c(C)c1OCOC. The standard InChI is InChI=1S/C13H17FO6/c1-7-9(13(16)20-6-18-4)12(19-5-17-3)8(2)11(15)10(7)14/h15H,5-6H2,1-4H3. The number of benzene rings is 1. The van der Waals surface area contributed by atoms with Crippen LogP contribution >= 0.6 is 0 Å². The van der Waals surface area contributed by atoms with E-state index in [1.807, 2.05) is 0 Å². The maximum atomic E-state index is 13.9. The highest BCUT2D eigenvalue weighted by atomic mass is 19.1. The Morgan fingerprint density at radius 3 is 2.30 bits per heavy atom. The maximum absolute atomic E-state index is 13.9. The molecule has 0 amide bonds. The highest BCUT2D eigenvalue weighted by molar-refractivity contribution is 5.95. The van der Waals surface area contributed by atoms with Crippen LogP contribution in [-0.2, 0) is 14.2 Å². The van der Waals surface area contributed by atoms with Gasteiger partial charge in [0.05, 0.1) is 0 Å². The number of halogens is 1. The van der Waals surface area contributed by atoms with E-state index in [2.05, 4.69) is 4.74 Å². The van der Waals surface area contributed by atoms with Crippen LogP contribution in [0.4, 0.5) is 4.39 Å².